The lowest BCUT2D eigenvalue weighted by Gasteiger charge is -2.23. The molecule has 4 rings (SSSR count). The van der Waals surface area contributed by atoms with Crippen LogP contribution in [-0.2, 0) is 13.0 Å². The van der Waals surface area contributed by atoms with Crippen molar-refractivity contribution in [2.24, 2.45) is 0 Å². The molecule has 3 aromatic carbocycles. The van der Waals surface area contributed by atoms with Gasteiger partial charge in [0.1, 0.15) is 0 Å². The van der Waals surface area contributed by atoms with Crippen molar-refractivity contribution in [3.8, 4) is 0 Å². The Morgan fingerprint density at radius 3 is 2.48 bits per heavy atom. The zero-order valence-corrected chi connectivity index (χ0v) is 16.7. The van der Waals surface area contributed by atoms with E-state index in [1.807, 2.05) is 78.6 Å². The molecule has 0 spiro atoms. The molecule has 4 heteroatoms. The molecule has 146 valence electrons. The highest BCUT2D eigenvalue weighted by molar-refractivity contribution is 6.07. The molecule has 0 saturated heterocycles. The lowest BCUT2D eigenvalue weighted by molar-refractivity contribution is 0.0948. The molecule has 29 heavy (non-hydrogen) atoms. The van der Waals surface area contributed by atoms with E-state index >= 15 is 0 Å². The summed E-state index contributed by atoms with van der Waals surface area (Å²) in [6.07, 6.45) is 0.837. The maximum absolute atomic E-state index is 13.1. The van der Waals surface area contributed by atoms with Crippen molar-refractivity contribution in [3.05, 3.63) is 101 Å². The summed E-state index contributed by atoms with van der Waals surface area (Å²) in [6.45, 7) is 4.46. The number of nitrogens with one attached hydrogen (secondary N) is 1. The van der Waals surface area contributed by atoms with Gasteiger partial charge in [-0.3, -0.25) is 9.59 Å². The third-order valence-electron chi connectivity index (χ3n) is 5.34. The number of aryl methyl sites for hydroxylation is 1. The van der Waals surface area contributed by atoms with Crippen molar-refractivity contribution >= 4 is 17.5 Å². The monoisotopic (exact) mass is 384 g/mol. The molecule has 1 aliphatic heterocycles. The maximum Gasteiger partial charge on any atom is 0.258 e. The van der Waals surface area contributed by atoms with E-state index in [0.717, 1.165) is 28.8 Å². The number of hydrogen-bond donors (Lipinski definition) is 1. The third kappa shape index (κ3) is 3.92. The zero-order valence-electron chi connectivity index (χ0n) is 16.7. The van der Waals surface area contributed by atoms with E-state index in [-0.39, 0.29) is 17.9 Å². The maximum atomic E-state index is 13.1. The van der Waals surface area contributed by atoms with E-state index in [0.29, 0.717) is 17.7 Å². The number of nitrogens with zero attached hydrogens (tertiary/aromatic N) is 1. The smallest absolute Gasteiger partial charge is 0.258 e. The quantitative estimate of drug-likeness (QED) is 0.719. The minimum atomic E-state index is -0.0974. The van der Waals surface area contributed by atoms with Crippen LogP contribution in [0.25, 0.3) is 0 Å². The summed E-state index contributed by atoms with van der Waals surface area (Å²) in [5.41, 5.74) is 5.47. The normalized spacial score (nSPS) is 15.1. The number of carbonyl (C=O) groups is 2. The summed E-state index contributed by atoms with van der Waals surface area (Å²) in [7, 11) is 0. The molecular formula is C25H24N2O2. The van der Waals surface area contributed by atoms with Crippen LogP contribution in [0.5, 0.6) is 0 Å². The Labute approximate surface area is 171 Å². The van der Waals surface area contributed by atoms with Gasteiger partial charge in [-0.15, -0.1) is 0 Å². The summed E-state index contributed by atoms with van der Waals surface area (Å²) < 4.78 is 0. The molecule has 0 aromatic heterocycles. The van der Waals surface area contributed by atoms with Crippen LogP contribution in [0.4, 0.5) is 5.69 Å². The first kappa shape index (κ1) is 18.9. The van der Waals surface area contributed by atoms with Gasteiger partial charge in [0.2, 0.25) is 0 Å². The molecule has 0 fully saturated rings. The van der Waals surface area contributed by atoms with Crippen LogP contribution in [0.2, 0.25) is 0 Å². The average Bonchev–Trinajstić information content (AvgIpc) is 3.07. The van der Waals surface area contributed by atoms with Gasteiger partial charge in [0.15, 0.2) is 0 Å². The number of fused-ring (bicyclic) bond motifs is 1. The summed E-state index contributed by atoms with van der Waals surface area (Å²) >= 11 is 0. The average molecular weight is 384 g/mol. The summed E-state index contributed by atoms with van der Waals surface area (Å²) in [6, 6.07) is 23.1. The van der Waals surface area contributed by atoms with Crippen molar-refractivity contribution in [2.45, 2.75) is 32.9 Å². The fraction of sp³-hybridized carbons (Fsp3) is 0.200. The Balaban J connectivity index is 1.53. The first-order valence-electron chi connectivity index (χ1n) is 9.88. The highest BCUT2D eigenvalue weighted by Crippen LogP contribution is 2.34. The Hall–Kier alpha value is -3.40. The van der Waals surface area contributed by atoms with E-state index in [2.05, 4.69) is 18.3 Å². The van der Waals surface area contributed by atoms with Crippen LogP contribution in [0, 0.1) is 6.92 Å². The number of hydrogen-bond acceptors (Lipinski definition) is 2. The Morgan fingerprint density at radius 2 is 1.72 bits per heavy atom. The molecule has 1 atom stereocenters. The SMILES string of the molecule is Cc1cccc(C(=O)NCc2ccc3c(c2)N(C(=O)c2ccccc2)[C@@H](C)C3)c1. The molecule has 0 unspecified atom stereocenters. The lowest BCUT2D eigenvalue weighted by atomic mass is 10.1. The molecule has 0 radical (unpaired) electrons. The molecule has 2 amide bonds. The van der Waals surface area contributed by atoms with Gasteiger partial charge in [-0.05, 0) is 61.7 Å². The van der Waals surface area contributed by atoms with E-state index in [1.54, 1.807) is 0 Å². The topological polar surface area (TPSA) is 49.4 Å². The fourth-order valence-electron chi connectivity index (χ4n) is 3.86. The van der Waals surface area contributed by atoms with Gasteiger partial charge in [0, 0.05) is 29.4 Å². The number of amides is 2. The molecule has 1 N–H and O–H groups in total. The molecule has 3 aromatic rings. The predicted molar refractivity (Wildman–Crippen MR) is 115 cm³/mol. The number of benzene rings is 3. The highest BCUT2D eigenvalue weighted by Gasteiger charge is 2.31. The van der Waals surface area contributed by atoms with E-state index in [1.165, 1.54) is 0 Å². The minimum Gasteiger partial charge on any atom is -0.348 e. The molecule has 1 aliphatic rings. The second-order valence-electron chi connectivity index (χ2n) is 7.61. The molecule has 0 bridgehead atoms. The van der Waals surface area contributed by atoms with Crippen LogP contribution < -0.4 is 10.2 Å². The molecule has 0 saturated carbocycles. The Kier molecular flexibility index (Phi) is 5.17. The van der Waals surface area contributed by atoms with Crippen LogP contribution in [-0.4, -0.2) is 17.9 Å². The predicted octanol–water partition coefficient (Wildman–Crippen LogP) is 4.52. The number of rotatable bonds is 4. The Morgan fingerprint density at radius 1 is 0.966 bits per heavy atom. The summed E-state index contributed by atoms with van der Waals surface area (Å²) in [5, 5.41) is 2.98. The lowest BCUT2D eigenvalue weighted by Crippen LogP contribution is -2.35. The van der Waals surface area contributed by atoms with Gasteiger partial charge < -0.3 is 10.2 Å². The van der Waals surface area contributed by atoms with E-state index < -0.39 is 0 Å². The first-order chi connectivity index (χ1) is 14.0. The summed E-state index contributed by atoms with van der Waals surface area (Å²) in [4.78, 5) is 27.4. The van der Waals surface area contributed by atoms with Crippen LogP contribution in [0.1, 0.15) is 44.3 Å². The Bertz CT molecular complexity index is 1060. The van der Waals surface area contributed by atoms with Gasteiger partial charge in [-0.25, -0.2) is 0 Å². The van der Waals surface area contributed by atoms with Crippen molar-refractivity contribution in [1.82, 2.24) is 5.32 Å². The standard InChI is InChI=1S/C25H24N2O2/c1-17-7-6-10-22(13-17)24(28)26-16-19-11-12-21-14-18(2)27(23(21)15-19)25(29)20-8-4-3-5-9-20/h3-13,15,18H,14,16H2,1-2H3,(H,26,28)/t18-/m0/s1. The first-order valence-corrected chi connectivity index (χ1v) is 9.88. The van der Waals surface area contributed by atoms with Crippen LogP contribution in [0.15, 0.2) is 72.8 Å². The van der Waals surface area contributed by atoms with Crippen LogP contribution in [0.3, 0.4) is 0 Å². The number of carbonyl (C=O) groups excluding carboxylic acids is 2. The number of anilines is 1. The fourth-order valence-corrected chi connectivity index (χ4v) is 3.86. The highest BCUT2D eigenvalue weighted by atomic mass is 16.2. The van der Waals surface area contributed by atoms with Gasteiger partial charge in [-0.2, -0.15) is 0 Å². The minimum absolute atomic E-state index is 0.0118. The second kappa shape index (κ2) is 7.92. The van der Waals surface area contributed by atoms with Crippen molar-refractivity contribution in [2.75, 3.05) is 4.90 Å². The van der Waals surface area contributed by atoms with Gasteiger partial charge in [-0.1, -0.05) is 48.0 Å². The third-order valence-corrected chi connectivity index (χ3v) is 5.34. The molecule has 4 nitrogen and oxygen atoms in total. The molecule has 1 heterocycles. The molecule has 0 aliphatic carbocycles. The van der Waals surface area contributed by atoms with Crippen molar-refractivity contribution in [3.63, 3.8) is 0 Å². The second-order valence-corrected chi connectivity index (χ2v) is 7.61. The summed E-state index contributed by atoms with van der Waals surface area (Å²) in [5.74, 6) is -0.0856. The largest absolute Gasteiger partial charge is 0.348 e. The van der Waals surface area contributed by atoms with Gasteiger partial charge in [0.05, 0.1) is 0 Å². The van der Waals surface area contributed by atoms with Crippen LogP contribution >= 0.6 is 0 Å². The van der Waals surface area contributed by atoms with Gasteiger partial charge >= 0.3 is 0 Å². The molecular weight excluding hydrogens is 360 g/mol. The van der Waals surface area contributed by atoms with Crippen molar-refractivity contribution in [1.29, 1.82) is 0 Å². The zero-order chi connectivity index (χ0) is 20.4. The van der Waals surface area contributed by atoms with Crippen molar-refractivity contribution < 1.29 is 9.59 Å². The van der Waals surface area contributed by atoms with E-state index in [9.17, 15) is 9.59 Å². The van der Waals surface area contributed by atoms with Gasteiger partial charge in [0.25, 0.3) is 11.8 Å². The van der Waals surface area contributed by atoms with E-state index in [4.69, 9.17) is 0 Å².